The fourth-order valence-electron chi connectivity index (χ4n) is 1.82. The first kappa shape index (κ1) is 15.3. The van der Waals surface area contributed by atoms with Crippen molar-refractivity contribution < 1.29 is 23.1 Å². The fraction of sp³-hybridized carbons (Fsp3) is 0.125. The number of carbonyl (C=O) groups is 1. The Balaban J connectivity index is 1.50. The SMILES string of the molecule is N#Cc1ccccc1OCC(=O)OCc1nnc(-c2ccco2)o1. The summed E-state index contributed by atoms with van der Waals surface area (Å²) in [6.45, 7) is -0.520. The molecule has 3 rings (SSSR count). The van der Waals surface area contributed by atoms with Crippen molar-refractivity contribution in [2.75, 3.05) is 6.61 Å². The summed E-state index contributed by atoms with van der Waals surface area (Å²) in [7, 11) is 0. The van der Waals surface area contributed by atoms with Crippen LogP contribution in [-0.4, -0.2) is 22.8 Å². The quantitative estimate of drug-likeness (QED) is 0.635. The highest BCUT2D eigenvalue weighted by atomic mass is 16.6. The molecular weight excluding hydrogens is 314 g/mol. The predicted molar refractivity (Wildman–Crippen MR) is 78.4 cm³/mol. The van der Waals surface area contributed by atoms with E-state index in [9.17, 15) is 4.79 Å². The van der Waals surface area contributed by atoms with Crippen molar-refractivity contribution in [1.82, 2.24) is 10.2 Å². The predicted octanol–water partition coefficient (Wildman–Crippen LogP) is 2.32. The monoisotopic (exact) mass is 325 g/mol. The lowest BCUT2D eigenvalue weighted by Crippen LogP contribution is -2.15. The number of hydrogen-bond donors (Lipinski definition) is 0. The molecule has 0 spiro atoms. The summed E-state index contributed by atoms with van der Waals surface area (Å²) in [4.78, 5) is 11.7. The van der Waals surface area contributed by atoms with Crippen LogP contribution in [0.2, 0.25) is 0 Å². The molecule has 8 heteroatoms. The van der Waals surface area contributed by atoms with Gasteiger partial charge in [-0.1, -0.05) is 12.1 Å². The van der Waals surface area contributed by atoms with Crippen LogP contribution in [0.15, 0.2) is 51.5 Å². The molecular formula is C16H11N3O5. The van der Waals surface area contributed by atoms with E-state index in [0.717, 1.165) is 0 Å². The summed E-state index contributed by atoms with van der Waals surface area (Å²) in [5, 5.41) is 16.5. The summed E-state index contributed by atoms with van der Waals surface area (Å²) >= 11 is 0. The second-order valence-electron chi connectivity index (χ2n) is 4.54. The lowest BCUT2D eigenvalue weighted by molar-refractivity contribution is -0.148. The molecule has 2 heterocycles. The van der Waals surface area contributed by atoms with Crippen LogP contribution in [0, 0.1) is 11.3 Å². The van der Waals surface area contributed by atoms with E-state index in [4.69, 9.17) is 23.6 Å². The number of para-hydroxylation sites is 1. The maximum absolute atomic E-state index is 11.7. The number of carbonyl (C=O) groups excluding carboxylic acids is 1. The molecule has 0 aliphatic carbocycles. The third kappa shape index (κ3) is 3.59. The topological polar surface area (TPSA) is 111 Å². The molecule has 1 aromatic carbocycles. The molecule has 0 saturated carbocycles. The molecule has 0 unspecified atom stereocenters. The summed E-state index contributed by atoms with van der Waals surface area (Å²) in [5.74, 6) is 0.448. The van der Waals surface area contributed by atoms with E-state index >= 15 is 0 Å². The molecule has 120 valence electrons. The number of rotatable bonds is 6. The lowest BCUT2D eigenvalue weighted by atomic mass is 10.2. The van der Waals surface area contributed by atoms with Gasteiger partial charge in [0.2, 0.25) is 0 Å². The highest BCUT2D eigenvalue weighted by Crippen LogP contribution is 2.18. The van der Waals surface area contributed by atoms with Gasteiger partial charge in [0.1, 0.15) is 11.8 Å². The van der Waals surface area contributed by atoms with Gasteiger partial charge >= 0.3 is 5.97 Å². The summed E-state index contributed by atoms with van der Waals surface area (Å²) in [5.41, 5.74) is 0.338. The standard InChI is InChI=1S/C16H11N3O5/c17-8-11-4-1-2-5-12(11)22-10-15(20)23-9-14-18-19-16(24-14)13-6-3-7-21-13/h1-7H,9-10H2. The minimum absolute atomic E-state index is 0.132. The Hall–Kier alpha value is -3.60. The number of esters is 1. The number of nitrogens with zero attached hydrogens (tertiary/aromatic N) is 3. The second kappa shape index (κ2) is 7.11. The lowest BCUT2D eigenvalue weighted by Gasteiger charge is -2.06. The van der Waals surface area contributed by atoms with E-state index in [1.54, 1.807) is 36.4 Å². The zero-order chi connectivity index (χ0) is 16.8. The molecule has 0 radical (unpaired) electrons. The number of aromatic nitrogens is 2. The first-order valence-electron chi connectivity index (χ1n) is 6.90. The molecule has 0 N–H and O–H groups in total. The Bertz CT molecular complexity index is 864. The Kier molecular flexibility index (Phi) is 4.53. The van der Waals surface area contributed by atoms with Gasteiger partial charge in [0, 0.05) is 0 Å². The van der Waals surface area contributed by atoms with Crippen molar-refractivity contribution in [2.45, 2.75) is 6.61 Å². The zero-order valence-electron chi connectivity index (χ0n) is 12.3. The summed E-state index contributed by atoms with van der Waals surface area (Å²) in [6, 6.07) is 11.9. The van der Waals surface area contributed by atoms with Crippen molar-refractivity contribution in [1.29, 1.82) is 5.26 Å². The van der Waals surface area contributed by atoms with Crippen molar-refractivity contribution >= 4 is 5.97 Å². The Morgan fingerprint density at radius 2 is 2.08 bits per heavy atom. The molecule has 0 fully saturated rings. The summed E-state index contributed by atoms with van der Waals surface area (Å²) < 4.78 is 20.7. The largest absolute Gasteiger partial charge is 0.481 e. The minimum Gasteiger partial charge on any atom is -0.481 e. The maximum Gasteiger partial charge on any atom is 0.344 e. The first-order valence-corrected chi connectivity index (χ1v) is 6.90. The van der Waals surface area contributed by atoms with Gasteiger partial charge in [-0.2, -0.15) is 5.26 Å². The van der Waals surface area contributed by atoms with Crippen molar-refractivity contribution in [3.8, 4) is 23.5 Å². The van der Waals surface area contributed by atoms with Gasteiger partial charge in [0.15, 0.2) is 19.0 Å². The normalized spacial score (nSPS) is 10.1. The van der Waals surface area contributed by atoms with Gasteiger partial charge in [0.05, 0.1) is 11.8 Å². The average molecular weight is 325 g/mol. The van der Waals surface area contributed by atoms with Crippen LogP contribution >= 0.6 is 0 Å². The molecule has 0 bridgehead atoms. The Morgan fingerprint density at radius 1 is 1.21 bits per heavy atom. The van der Waals surface area contributed by atoms with E-state index < -0.39 is 5.97 Å². The summed E-state index contributed by atoms with van der Waals surface area (Å²) in [6.07, 6.45) is 1.48. The van der Waals surface area contributed by atoms with Crippen LogP contribution in [0.5, 0.6) is 5.75 Å². The van der Waals surface area contributed by atoms with Gasteiger partial charge < -0.3 is 18.3 Å². The third-order valence-electron chi connectivity index (χ3n) is 2.91. The van der Waals surface area contributed by atoms with E-state index in [1.165, 1.54) is 6.26 Å². The van der Waals surface area contributed by atoms with Crippen LogP contribution < -0.4 is 4.74 Å². The molecule has 3 aromatic rings. The van der Waals surface area contributed by atoms with Crippen LogP contribution in [0.4, 0.5) is 0 Å². The van der Waals surface area contributed by atoms with E-state index in [0.29, 0.717) is 17.1 Å². The zero-order valence-corrected chi connectivity index (χ0v) is 12.3. The molecule has 0 saturated heterocycles. The van der Waals surface area contributed by atoms with Crippen LogP contribution in [0.3, 0.4) is 0 Å². The molecule has 8 nitrogen and oxygen atoms in total. The smallest absolute Gasteiger partial charge is 0.344 e. The highest BCUT2D eigenvalue weighted by molar-refractivity contribution is 5.71. The number of furan rings is 1. The molecule has 0 amide bonds. The van der Waals surface area contributed by atoms with Crippen LogP contribution in [0.25, 0.3) is 11.7 Å². The number of benzene rings is 1. The Labute approximate surface area is 136 Å². The first-order chi connectivity index (χ1) is 11.8. The third-order valence-corrected chi connectivity index (χ3v) is 2.91. The van der Waals surface area contributed by atoms with Gasteiger partial charge in [-0.05, 0) is 24.3 Å². The molecule has 24 heavy (non-hydrogen) atoms. The second-order valence-corrected chi connectivity index (χ2v) is 4.54. The molecule has 0 aliphatic rings. The van der Waals surface area contributed by atoms with Crippen LogP contribution in [-0.2, 0) is 16.1 Å². The fourth-order valence-corrected chi connectivity index (χ4v) is 1.82. The van der Waals surface area contributed by atoms with E-state index in [-0.39, 0.29) is 25.0 Å². The Morgan fingerprint density at radius 3 is 2.88 bits per heavy atom. The minimum atomic E-state index is -0.625. The van der Waals surface area contributed by atoms with Crippen molar-refractivity contribution in [3.05, 3.63) is 54.1 Å². The number of ether oxygens (including phenoxy) is 2. The molecule has 0 aliphatic heterocycles. The van der Waals surface area contributed by atoms with Gasteiger partial charge in [-0.15, -0.1) is 10.2 Å². The number of nitriles is 1. The average Bonchev–Trinajstić information content (AvgIpc) is 3.29. The molecule has 0 atom stereocenters. The van der Waals surface area contributed by atoms with Gasteiger partial charge in [0.25, 0.3) is 11.8 Å². The van der Waals surface area contributed by atoms with E-state index in [2.05, 4.69) is 10.2 Å². The highest BCUT2D eigenvalue weighted by Gasteiger charge is 2.13. The van der Waals surface area contributed by atoms with Crippen LogP contribution in [0.1, 0.15) is 11.5 Å². The number of hydrogen-bond acceptors (Lipinski definition) is 8. The molecule has 2 aromatic heterocycles. The van der Waals surface area contributed by atoms with Crippen molar-refractivity contribution in [3.63, 3.8) is 0 Å². The maximum atomic E-state index is 11.7. The van der Waals surface area contributed by atoms with Crippen molar-refractivity contribution in [2.24, 2.45) is 0 Å². The van der Waals surface area contributed by atoms with Gasteiger partial charge in [-0.25, -0.2) is 4.79 Å². The van der Waals surface area contributed by atoms with E-state index in [1.807, 2.05) is 6.07 Å². The van der Waals surface area contributed by atoms with Gasteiger partial charge in [-0.3, -0.25) is 0 Å².